The predicted molar refractivity (Wildman–Crippen MR) is 220 cm³/mol. The van der Waals surface area contributed by atoms with Crippen LogP contribution in [0.15, 0.2) is 170 Å². The molecule has 7 nitrogen and oxygen atoms in total. The number of rotatable bonds is 5. The average molecular weight is 710 g/mol. The maximum Gasteiger partial charge on any atom is 0.268 e. The van der Waals surface area contributed by atoms with Gasteiger partial charge in [-0.05, 0) is 61.0 Å². The normalized spacial score (nSPS) is 15.3. The molecule has 0 spiro atoms. The highest BCUT2D eigenvalue weighted by Crippen LogP contribution is 2.49. The van der Waals surface area contributed by atoms with Gasteiger partial charge in [0.2, 0.25) is 0 Å². The third-order valence-corrected chi connectivity index (χ3v) is 11.0. The summed E-state index contributed by atoms with van der Waals surface area (Å²) in [7, 11) is 0. The standard InChI is InChI=1S/C48H31N5O2/c54-47-42-43(48(55)53(47)34-26-24-31(25-27-34)46-49-29-28-37(50-46)30-14-4-1-5-15-30)45-41(36-21-11-13-23-39(36)52(45)33-18-8-3-9-19-33)40-35-20-10-12-22-38(35)51(44(40)42)32-16-6-2-7-17-32/h1-18,20-29,33H,19H2. The number of hydrogen-bond acceptors (Lipinski definition) is 4. The summed E-state index contributed by atoms with van der Waals surface area (Å²) in [6, 6.07) is 46.0. The molecule has 11 rings (SSSR count). The first-order chi connectivity index (χ1) is 27.2. The van der Waals surface area contributed by atoms with Crippen molar-refractivity contribution >= 4 is 61.1 Å². The lowest BCUT2D eigenvalue weighted by Gasteiger charge is -2.20. The quantitative estimate of drug-likeness (QED) is 0.167. The minimum atomic E-state index is -0.349. The maximum absolute atomic E-state index is 15.2. The van der Waals surface area contributed by atoms with Crippen LogP contribution in [-0.4, -0.2) is 30.9 Å². The van der Waals surface area contributed by atoms with Crippen LogP contribution in [0.5, 0.6) is 0 Å². The van der Waals surface area contributed by atoms with E-state index >= 15 is 9.59 Å². The van der Waals surface area contributed by atoms with Crippen molar-refractivity contribution in [1.29, 1.82) is 0 Å². The first kappa shape index (κ1) is 31.2. The summed E-state index contributed by atoms with van der Waals surface area (Å²) in [6.45, 7) is 0. The fourth-order valence-electron chi connectivity index (χ4n) is 8.67. The summed E-state index contributed by atoms with van der Waals surface area (Å²) in [4.78, 5) is 41.2. The highest BCUT2D eigenvalue weighted by atomic mass is 16.2. The largest absolute Gasteiger partial charge is 0.332 e. The van der Waals surface area contributed by atoms with Crippen LogP contribution in [-0.2, 0) is 0 Å². The molecule has 1 aliphatic carbocycles. The number of amides is 2. The van der Waals surface area contributed by atoms with E-state index in [1.54, 1.807) is 6.20 Å². The van der Waals surface area contributed by atoms with Crippen LogP contribution in [0.25, 0.3) is 71.9 Å². The van der Waals surface area contributed by atoms with Crippen LogP contribution in [0.1, 0.15) is 33.2 Å². The number of nitrogens with zero attached hydrogens (tertiary/aromatic N) is 5. The summed E-state index contributed by atoms with van der Waals surface area (Å²) >= 11 is 0. The molecule has 6 aromatic carbocycles. The lowest BCUT2D eigenvalue weighted by atomic mass is 9.97. The van der Waals surface area contributed by atoms with E-state index in [-0.39, 0.29) is 17.9 Å². The Morgan fingerprint density at radius 2 is 1.20 bits per heavy atom. The van der Waals surface area contributed by atoms with Gasteiger partial charge < -0.3 is 9.13 Å². The van der Waals surface area contributed by atoms with E-state index < -0.39 is 0 Å². The highest BCUT2D eigenvalue weighted by Gasteiger charge is 2.43. The van der Waals surface area contributed by atoms with Crippen molar-refractivity contribution in [1.82, 2.24) is 19.1 Å². The Labute approximate surface area is 315 Å². The number of imide groups is 1. The summed E-state index contributed by atoms with van der Waals surface area (Å²) < 4.78 is 4.44. The van der Waals surface area contributed by atoms with Gasteiger partial charge in [0.15, 0.2) is 5.82 Å². The molecule has 3 aromatic heterocycles. The Bertz CT molecular complexity index is 3100. The van der Waals surface area contributed by atoms with Gasteiger partial charge in [-0.1, -0.05) is 109 Å². The molecule has 1 atom stereocenters. The molecule has 0 saturated carbocycles. The van der Waals surface area contributed by atoms with Crippen molar-refractivity contribution in [2.24, 2.45) is 0 Å². The molecule has 2 aliphatic rings. The molecule has 0 saturated heterocycles. The molecular formula is C48H31N5O2. The molecular weight excluding hydrogens is 679 g/mol. The fraction of sp³-hybridized carbons (Fsp3) is 0.0417. The Balaban J connectivity index is 1.18. The van der Waals surface area contributed by atoms with E-state index in [0.29, 0.717) is 22.6 Å². The number of anilines is 1. The molecule has 9 aromatic rings. The first-order valence-electron chi connectivity index (χ1n) is 18.5. The summed E-state index contributed by atoms with van der Waals surface area (Å²) in [5, 5.41) is 4.01. The van der Waals surface area contributed by atoms with Gasteiger partial charge in [0, 0.05) is 50.1 Å². The topological polar surface area (TPSA) is 73.0 Å². The second-order valence-electron chi connectivity index (χ2n) is 14.0. The Morgan fingerprint density at radius 3 is 1.93 bits per heavy atom. The lowest BCUT2D eigenvalue weighted by Crippen LogP contribution is -2.29. The summed E-state index contributed by atoms with van der Waals surface area (Å²) in [5.41, 5.74) is 8.35. The lowest BCUT2D eigenvalue weighted by molar-refractivity contribution is 0.0927. The van der Waals surface area contributed by atoms with Crippen LogP contribution in [0.4, 0.5) is 5.69 Å². The van der Waals surface area contributed by atoms with Crippen LogP contribution in [0.2, 0.25) is 0 Å². The molecule has 1 unspecified atom stereocenters. The van der Waals surface area contributed by atoms with Crippen molar-refractivity contribution in [2.45, 2.75) is 12.5 Å². The number of hydrogen-bond donors (Lipinski definition) is 0. The highest BCUT2D eigenvalue weighted by molar-refractivity contribution is 6.45. The Morgan fingerprint density at radius 1 is 0.564 bits per heavy atom. The van der Waals surface area contributed by atoms with E-state index in [9.17, 15) is 0 Å². The molecule has 4 heterocycles. The van der Waals surface area contributed by atoms with Gasteiger partial charge in [0.1, 0.15) is 0 Å². The Hall–Kier alpha value is -7.38. The van der Waals surface area contributed by atoms with Gasteiger partial charge in [-0.2, -0.15) is 0 Å². The van der Waals surface area contributed by atoms with Crippen LogP contribution >= 0.6 is 0 Å². The van der Waals surface area contributed by atoms with E-state index in [4.69, 9.17) is 4.98 Å². The predicted octanol–water partition coefficient (Wildman–Crippen LogP) is 10.9. The molecule has 0 N–H and O–H groups in total. The third-order valence-electron chi connectivity index (χ3n) is 11.0. The molecule has 7 heteroatoms. The van der Waals surface area contributed by atoms with Crippen LogP contribution < -0.4 is 4.90 Å². The summed E-state index contributed by atoms with van der Waals surface area (Å²) in [6.07, 6.45) is 11.0. The first-order valence-corrected chi connectivity index (χ1v) is 18.5. The molecule has 55 heavy (non-hydrogen) atoms. The van der Waals surface area contributed by atoms with Crippen molar-refractivity contribution < 1.29 is 9.59 Å². The number of carbonyl (C=O) groups excluding carboxylic acids is 2. The van der Waals surface area contributed by atoms with Gasteiger partial charge >= 0.3 is 0 Å². The zero-order chi connectivity index (χ0) is 36.6. The van der Waals surface area contributed by atoms with Crippen LogP contribution in [0.3, 0.4) is 0 Å². The maximum atomic E-state index is 15.2. The Kier molecular flexibility index (Phi) is 6.85. The SMILES string of the molecule is O=C1c2c(c3c(c4ccccc4n3C3C=CC=CC3)c3c4ccccc4n(-c4ccccc4)c23)C(=O)N1c1ccc(-c2nccc(-c3ccccc3)n2)cc1. The summed E-state index contributed by atoms with van der Waals surface area (Å²) in [5.74, 6) is -0.130. The zero-order valence-corrected chi connectivity index (χ0v) is 29.5. The van der Waals surface area contributed by atoms with Gasteiger partial charge in [-0.15, -0.1) is 0 Å². The van der Waals surface area contributed by atoms with Gasteiger partial charge in [0.25, 0.3) is 11.8 Å². The van der Waals surface area contributed by atoms with Crippen molar-refractivity contribution in [3.05, 3.63) is 181 Å². The van der Waals surface area contributed by atoms with Gasteiger partial charge in [0.05, 0.1) is 45.1 Å². The van der Waals surface area contributed by atoms with Crippen molar-refractivity contribution in [3.63, 3.8) is 0 Å². The molecule has 2 amide bonds. The third kappa shape index (κ3) is 4.56. The van der Waals surface area contributed by atoms with E-state index in [2.05, 4.69) is 80.9 Å². The zero-order valence-electron chi connectivity index (χ0n) is 29.5. The number of carbonyl (C=O) groups is 2. The minimum Gasteiger partial charge on any atom is -0.332 e. The van der Waals surface area contributed by atoms with Crippen molar-refractivity contribution in [3.8, 4) is 28.3 Å². The number of para-hydroxylation sites is 3. The van der Waals surface area contributed by atoms with Gasteiger partial charge in [-0.3, -0.25) is 9.59 Å². The average Bonchev–Trinajstić information content (AvgIpc) is 3.86. The smallest absolute Gasteiger partial charge is 0.268 e. The molecule has 0 radical (unpaired) electrons. The number of benzene rings is 6. The molecule has 0 fully saturated rings. The monoisotopic (exact) mass is 709 g/mol. The fourth-order valence-corrected chi connectivity index (χ4v) is 8.67. The van der Waals surface area contributed by atoms with Gasteiger partial charge in [-0.25, -0.2) is 14.9 Å². The molecule has 0 bridgehead atoms. The van der Waals surface area contributed by atoms with E-state index in [1.165, 1.54) is 4.90 Å². The van der Waals surface area contributed by atoms with E-state index in [1.807, 2.05) is 97.1 Å². The number of fused-ring (bicyclic) bond motifs is 10. The second kappa shape index (κ2) is 12.1. The van der Waals surface area contributed by atoms with Crippen molar-refractivity contribution in [2.75, 3.05) is 4.90 Å². The van der Waals surface area contributed by atoms with Crippen LogP contribution in [0, 0.1) is 0 Å². The molecule has 1 aliphatic heterocycles. The number of aromatic nitrogens is 4. The second-order valence-corrected chi connectivity index (χ2v) is 14.0. The minimum absolute atomic E-state index is 0.0423. The van der Waals surface area contributed by atoms with E-state index in [0.717, 1.165) is 72.5 Å². The number of allylic oxidation sites excluding steroid dienone is 4. The molecule has 260 valence electrons.